The van der Waals surface area contributed by atoms with E-state index >= 15 is 0 Å². The van der Waals surface area contributed by atoms with E-state index < -0.39 is 0 Å². The van der Waals surface area contributed by atoms with Crippen molar-refractivity contribution in [2.75, 3.05) is 30.8 Å². The van der Waals surface area contributed by atoms with E-state index in [1.54, 1.807) is 7.05 Å². The van der Waals surface area contributed by atoms with Gasteiger partial charge in [-0.05, 0) is 13.3 Å². The summed E-state index contributed by atoms with van der Waals surface area (Å²) in [6.45, 7) is 7.58. The molecule has 112 valence electrons. The normalized spacial score (nSPS) is 10.2. The number of aryl methyl sites for hydroxylation is 1. The van der Waals surface area contributed by atoms with Crippen molar-refractivity contribution >= 4 is 17.5 Å². The smallest absolute Gasteiger partial charge is 0.221 e. The minimum atomic E-state index is 0.0178. The summed E-state index contributed by atoms with van der Waals surface area (Å²) in [7, 11) is 1.64. The molecule has 1 aromatic heterocycles. The van der Waals surface area contributed by atoms with Crippen LogP contribution in [0.15, 0.2) is 0 Å². The number of nitrogens with zero attached hydrogens (tertiary/aromatic N) is 2. The maximum Gasteiger partial charge on any atom is 0.221 e. The number of hydrogen-bond acceptors (Lipinski definition) is 5. The third-order valence-electron chi connectivity index (χ3n) is 2.97. The van der Waals surface area contributed by atoms with Crippen molar-refractivity contribution in [3.05, 3.63) is 11.4 Å². The second-order valence-electron chi connectivity index (χ2n) is 4.59. The molecule has 1 aromatic rings. The summed E-state index contributed by atoms with van der Waals surface area (Å²) in [6.07, 6.45) is 2.26. The Kier molecular flexibility index (Phi) is 6.76. The van der Waals surface area contributed by atoms with Gasteiger partial charge in [-0.15, -0.1) is 0 Å². The molecule has 0 aromatic carbocycles. The summed E-state index contributed by atoms with van der Waals surface area (Å²) >= 11 is 0. The third-order valence-corrected chi connectivity index (χ3v) is 2.97. The molecule has 0 atom stereocenters. The van der Waals surface area contributed by atoms with Crippen molar-refractivity contribution in [2.24, 2.45) is 0 Å². The highest BCUT2D eigenvalue weighted by Crippen LogP contribution is 2.20. The molecule has 0 bridgehead atoms. The molecule has 0 spiro atoms. The lowest BCUT2D eigenvalue weighted by molar-refractivity contribution is -0.120. The SMILES string of the molecule is CCCNc1nc(CC)nc(NCCC(=O)NC)c1C. The molecule has 0 saturated heterocycles. The highest BCUT2D eigenvalue weighted by Gasteiger charge is 2.10. The fourth-order valence-electron chi connectivity index (χ4n) is 1.73. The van der Waals surface area contributed by atoms with E-state index in [4.69, 9.17) is 0 Å². The van der Waals surface area contributed by atoms with Crippen molar-refractivity contribution in [3.63, 3.8) is 0 Å². The largest absolute Gasteiger partial charge is 0.370 e. The van der Waals surface area contributed by atoms with E-state index in [0.717, 1.165) is 42.4 Å². The third kappa shape index (κ3) is 4.68. The maximum atomic E-state index is 11.2. The molecule has 0 saturated carbocycles. The quantitative estimate of drug-likeness (QED) is 0.675. The van der Waals surface area contributed by atoms with Crippen molar-refractivity contribution in [2.45, 2.75) is 40.0 Å². The highest BCUT2D eigenvalue weighted by molar-refractivity contribution is 5.76. The Morgan fingerprint density at radius 1 is 1.10 bits per heavy atom. The molecular weight excluding hydrogens is 254 g/mol. The monoisotopic (exact) mass is 279 g/mol. The van der Waals surface area contributed by atoms with E-state index in [2.05, 4.69) is 32.8 Å². The molecule has 1 heterocycles. The van der Waals surface area contributed by atoms with Crippen LogP contribution in [0.3, 0.4) is 0 Å². The summed E-state index contributed by atoms with van der Waals surface area (Å²) in [5.74, 6) is 2.50. The number of aromatic nitrogens is 2. The van der Waals surface area contributed by atoms with Crippen molar-refractivity contribution < 1.29 is 4.79 Å². The molecule has 0 aliphatic rings. The van der Waals surface area contributed by atoms with Crippen LogP contribution in [0.1, 0.15) is 38.1 Å². The van der Waals surface area contributed by atoms with E-state index in [-0.39, 0.29) is 5.91 Å². The zero-order valence-corrected chi connectivity index (χ0v) is 12.8. The number of carbonyl (C=O) groups excluding carboxylic acids is 1. The molecule has 6 nitrogen and oxygen atoms in total. The first-order valence-electron chi connectivity index (χ1n) is 7.18. The van der Waals surface area contributed by atoms with Crippen molar-refractivity contribution in [3.8, 4) is 0 Å². The highest BCUT2D eigenvalue weighted by atomic mass is 16.1. The van der Waals surface area contributed by atoms with Gasteiger partial charge in [0.05, 0.1) is 0 Å². The fourth-order valence-corrected chi connectivity index (χ4v) is 1.73. The lowest BCUT2D eigenvalue weighted by atomic mass is 10.2. The first kappa shape index (κ1) is 16.2. The van der Waals surface area contributed by atoms with Gasteiger partial charge in [-0.25, -0.2) is 9.97 Å². The molecule has 1 rings (SSSR count). The number of hydrogen-bond donors (Lipinski definition) is 3. The van der Waals surface area contributed by atoms with Gasteiger partial charge in [0.2, 0.25) is 5.91 Å². The van der Waals surface area contributed by atoms with Gasteiger partial charge in [-0.2, -0.15) is 0 Å². The van der Waals surface area contributed by atoms with E-state index in [0.29, 0.717) is 13.0 Å². The van der Waals surface area contributed by atoms with Crippen LogP contribution >= 0.6 is 0 Å². The number of amides is 1. The lowest BCUT2D eigenvalue weighted by Gasteiger charge is -2.14. The first-order chi connectivity index (χ1) is 9.62. The predicted molar refractivity (Wildman–Crippen MR) is 82.1 cm³/mol. The molecule has 0 radical (unpaired) electrons. The van der Waals surface area contributed by atoms with Gasteiger partial charge in [-0.1, -0.05) is 13.8 Å². The van der Waals surface area contributed by atoms with Gasteiger partial charge in [0.25, 0.3) is 0 Å². The van der Waals surface area contributed by atoms with Crippen LogP contribution in [0.4, 0.5) is 11.6 Å². The number of carbonyl (C=O) groups is 1. The van der Waals surface area contributed by atoms with Gasteiger partial charge < -0.3 is 16.0 Å². The predicted octanol–water partition coefficient (Wildman–Crippen LogP) is 1.72. The van der Waals surface area contributed by atoms with Crippen molar-refractivity contribution in [1.82, 2.24) is 15.3 Å². The molecule has 1 amide bonds. The second-order valence-corrected chi connectivity index (χ2v) is 4.59. The van der Waals surface area contributed by atoms with Gasteiger partial charge >= 0.3 is 0 Å². The molecule has 0 aliphatic heterocycles. The summed E-state index contributed by atoms with van der Waals surface area (Å²) in [5.41, 5.74) is 0.993. The van der Waals surface area contributed by atoms with Crippen LogP contribution in [-0.2, 0) is 11.2 Å². The van der Waals surface area contributed by atoms with E-state index in [1.807, 2.05) is 13.8 Å². The van der Waals surface area contributed by atoms with Gasteiger partial charge in [0, 0.05) is 38.5 Å². The Morgan fingerprint density at radius 3 is 2.20 bits per heavy atom. The Labute approximate surface area is 120 Å². The van der Waals surface area contributed by atoms with Crippen LogP contribution < -0.4 is 16.0 Å². The number of nitrogens with one attached hydrogen (secondary N) is 3. The van der Waals surface area contributed by atoms with Crippen LogP contribution in [0, 0.1) is 6.92 Å². The molecule has 6 heteroatoms. The van der Waals surface area contributed by atoms with E-state index in [1.165, 1.54) is 0 Å². The molecule has 0 fully saturated rings. The summed E-state index contributed by atoms with van der Waals surface area (Å²) in [4.78, 5) is 20.2. The van der Waals surface area contributed by atoms with E-state index in [9.17, 15) is 4.79 Å². The molecule has 20 heavy (non-hydrogen) atoms. The number of rotatable bonds is 8. The average Bonchev–Trinajstić information content (AvgIpc) is 2.47. The minimum Gasteiger partial charge on any atom is -0.370 e. The Balaban J connectivity index is 2.79. The fraction of sp³-hybridized carbons (Fsp3) is 0.643. The molecule has 0 unspecified atom stereocenters. The standard InChI is InChI=1S/C14H25N5O/c1-5-8-16-13-10(3)14(19-11(6-2)18-13)17-9-7-12(20)15-4/h5-9H2,1-4H3,(H,15,20)(H2,16,17,18,19). The Bertz CT molecular complexity index is 447. The maximum absolute atomic E-state index is 11.2. The average molecular weight is 279 g/mol. The molecule has 0 aliphatic carbocycles. The van der Waals surface area contributed by atoms with Crippen LogP contribution in [-0.4, -0.2) is 36.0 Å². The van der Waals surface area contributed by atoms with Gasteiger partial charge in [-0.3, -0.25) is 4.79 Å². The van der Waals surface area contributed by atoms with Crippen LogP contribution in [0.5, 0.6) is 0 Å². The van der Waals surface area contributed by atoms with Gasteiger partial charge in [0.15, 0.2) is 0 Å². The summed E-state index contributed by atoms with van der Waals surface area (Å²) < 4.78 is 0. The molecular formula is C14H25N5O. The van der Waals surface area contributed by atoms with Gasteiger partial charge in [0.1, 0.15) is 17.5 Å². The van der Waals surface area contributed by atoms with Crippen molar-refractivity contribution in [1.29, 1.82) is 0 Å². The summed E-state index contributed by atoms with van der Waals surface area (Å²) in [6, 6.07) is 0. The zero-order chi connectivity index (χ0) is 15.0. The topological polar surface area (TPSA) is 78.9 Å². The Hall–Kier alpha value is -1.85. The van der Waals surface area contributed by atoms with Crippen LogP contribution in [0.25, 0.3) is 0 Å². The zero-order valence-electron chi connectivity index (χ0n) is 12.8. The lowest BCUT2D eigenvalue weighted by Crippen LogP contribution is -2.21. The minimum absolute atomic E-state index is 0.0178. The van der Waals surface area contributed by atoms with Crippen LogP contribution in [0.2, 0.25) is 0 Å². The first-order valence-corrected chi connectivity index (χ1v) is 7.18. The number of anilines is 2. The second kappa shape index (κ2) is 8.35. The Morgan fingerprint density at radius 2 is 1.70 bits per heavy atom. The molecule has 3 N–H and O–H groups in total. The summed E-state index contributed by atoms with van der Waals surface area (Å²) in [5, 5.41) is 9.14.